The number of hydrogen-bond donors (Lipinski definition) is 0. The average Bonchev–Trinajstić information content (AvgIpc) is 2.13. The highest BCUT2D eigenvalue weighted by Crippen LogP contribution is 2.34. The molecule has 0 bridgehead atoms. The van der Waals surface area contributed by atoms with Crippen LogP contribution in [-0.2, 0) is 16.2 Å². The molecule has 1 aromatic carbocycles. The Labute approximate surface area is 114 Å². The van der Waals surface area contributed by atoms with Gasteiger partial charge in [0.15, 0.2) is 0 Å². The van der Waals surface area contributed by atoms with Crippen molar-refractivity contribution in [2.24, 2.45) is 0 Å². The van der Waals surface area contributed by atoms with Crippen LogP contribution in [0.15, 0.2) is 18.2 Å². The summed E-state index contributed by atoms with van der Waals surface area (Å²) in [5.41, 5.74) is 4.47. The minimum atomic E-state index is -0.0404. The zero-order valence-corrected chi connectivity index (χ0v) is 13.4. The van der Waals surface area contributed by atoms with E-state index in [4.69, 9.17) is 0 Å². The maximum Gasteiger partial charge on any atom is -0.0103 e. The van der Waals surface area contributed by atoms with Gasteiger partial charge >= 0.3 is 0 Å². The fourth-order valence-electron chi connectivity index (χ4n) is 1.88. The Morgan fingerprint density at radius 2 is 0.889 bits per heavy atom. The van der Waals surface area contributed by atoms with Gasteiger partial charge in [-0.2, -0.15) is 0 Å². The van der Waals surface area contributed by atoms with Crippen LogP contribution in [0.2, 0.25) is 0 Å². The van der Waals surface area contributed by atoms with Crippen molar-refractivity contribution in [2.45, 2.75) is 71.6 Å². The van der Waals surface area contributed by atoms with Gasteiger partial charge in [0.05, 0.1) is 0 Å². The quantitative estimate of drug-likeness (QED) is 0.622. The zero-order valence-electron chi connectivity index (χ0n) is 13.4. The minimum Gasteiger partial charge on any atom is -0.0561 e. The average molecular weight is 245 g/mol. The Hall–Kier alpha value is -0.780. The first-order chi connectivity index (χ1) is 7.82. The lowest BCUT2D eigenvalue weighted by Gasteiger charge is -2.29. The van der Waals surface area contributed by atoms with E-state index in [1.165, 1.54) is 16.7 Å². The van der Waals surface area contributed by atoms with Crippen LogP contribution < -0.4 is 0 Å². The second kappa shape index (κ2) is 4.40. The summed E-state index contributed by atoms with van der Waals surface area (Å²) in [6.45, 7) is 22.3. The first-order valence-electron chi connectivity index (χ1n) is 6.84. The number of rotatable bonds is 1. The molecule has 101 valence electrons. The van der Waals surface area contributed by atoms with Crippen molar-refractivity contribution in [1.82, 2.24) is 0 Å². The van der Waals surface area contributed by atoms with Crippen molar-refractivity contribution in [3.8, 4) is 0 Å². The molecule has 0 spiro atoms. The van der Waals surface area contributed by atoms with Crippen molar-refractivity contribution in [1.29, 1.82) is 0 Å². The second-order valence-corrected chi connectivity index (χ2v) is 8.18. The molecule has 1 aromatic rings. The molecule has 0 heterocycles. The largest absolute Gasteiger partial charge is 0.0561 e. The van der Waals surface area contributed by atoms with Gasteiger partial charge in [-0.05, 0) is 39.9 Å². The van der Waals surface area contributed by atoms with Crippen molar-refractivity contribution in [3.05, 3.63) is 41.8 Å². The Morgan fingerprint density at radius 3 is 1.11 bits per heavy atom. The lowest BCUT2D eigenvalue weighted by Crippen LogP contribution is -2.20. The normalized spacial score (nSPS) is 13.8. The monoisotopic (exact) mass is 245 g/mol. The molecule has 0 saturated heterocycles. The highest BCUT2D eigenvalue weighted by atomic mass is 14.3. The first-order valence-corrected chi connectivity index (χ1v) is 6.84. The van der Waals surface area contributed by atoms with Gasteiger partial charge in [-0.25, -0.2) is 0 Å². The summed E-state index contributed by atoms with van der Waals surface area (Å²) >= 11 is 0. The van der Waals surface area contributed by atoms with Crippen LogP contribution >= 0.6 is 0 Å². The van der Waals surface area contributed by atoms with E-state index in [-0.39, 0.29) is 16.2 Å². The van der Waals surface area contributed by atoms with Crippen LogP contribution in [0.5, 0.6) is 0 Å². The van der Waals surface area contributed by atoms with Gasteiger partial charge in [-0.3, -0.25) is 0 Å². The summed E-state index contributed by atoms with van der Waals surface area (Å²) in [6.07, 6.45) is 0. The van der Waals surface area contributed by atoms with Gasteiger partial charge in [0.25, 0.3) is 0 Å². The topological polar surface area (TPSA) is 0 Å². The van der Waals surface area contributed by atoms with Gasteiger partial charge in [-0.15, -0.1) is 0 Å². The van der Waals surface area contributed by atoms with E-state index < -0.39 is 0 Å². The lowest BCUT2D eigenvalue weighted by atomic mass is 9.76. The molecule has 0 amide bonds. The SMILES string of the molecule is [CH2]C(C)(C)c1cc(C(C)(C)C)cc(C(C)(C)C)c1. The molecule has 0 unspecified atom stereocenters. The summed E-state index contributed by atoms with van der Waals surface area (Å²) in [5, 5.41) is 0. The van der Waals surface area contributed by atoms with E-state index in [0.717, 1.165) is 0 Å². The Balaban J connectivity index is 3.49. The molecular weight excluding hydrogens is 216 g/mol. The van der Waals surface area contributed by atoms with Crippen molar-refractivity contribution >= 4 is 0 Å². The summed E-state index contributed by atoms with van der Waals surface area (Å²) in [6, 6.07) is 7.00. The van der Waals surface area contributed by atoms with E-state index in [2.05, 4.69) is 80.5 Å². The standard InChI is InChI=1S/C18H29/c1-16(2,3)13-10-14(17(4,5)6)12-15(11-13)18(7,8)9/h10-12H,1H2,2-9H3. The van der Waals surface area contributed by atoms with E-state index in [1.807, 2.05) is 0 Å². The molecular formula is C18H29. The third kappa shape index (κ3) is 3.60. The number of benzene rings is 1. The molecule has 0 heteroatoms. The Bertz CT molecular complexity index is 338. The van der Waals surface area contributed by atoms with Crippen LogP contribution in [0.25, 0.3) is 0 Å². The van der Waals surface area contributed by atoms with Crippen molar-refractivity contribution in [3.63, 3.8) is 0 Å². The highest BCUT2D eigenvalue weighted by Gasteiger charge is 2.23. The summed E-state index contributed by atoms with van der Waals surface area (Å²) in [4.78, 5) is 0. The summed E-state index contributed by atoms with van der Waals surface area (Å²) < 4.78 is 0. The molecule has 18 heavy (non-hydrogen) atoms. The third-order valence-electron chi connectivity index (χ3n) is 3.45. The molecule has 0 nitrogen and oxygen atoms in total. The fourth-order valence-corrected chi connectivity index (χ4v) is 1.88. The number of hydrogen-bond acceptors (Lipinski definition) is 0. The maximum absolute atomic E-state index is 4.29. The summed E-state index contributed by atoms with van der Waals surface area (Å²) in [7, 11) is 0. The van der Waals surface area contributed by atoms with Gasteiger partial charge in [0, 0.05) is 0 Å². The molecule has 1 rings (SSSR count). The van der Waals surface area contributed by atoms with Crippen LogP contribution in [0, 0.1) is 6.92 Å². The molecule has 0 aliphatic rings. The van der Waals surface area contributed by atoms with E-state index in [1.54, 1.807) is 0 Å². The molecule has 0 fully saturated rings. The van der Waals surface area contributed by atoms with Crippen LogP contribution in [0.4, 0.5) is 0 Å². The first kappa shape index (κ1) is 15.3. The molecule has 0 aliphatic heterocycles. The molecule has 0 atom stereocenters. The fraction of sp³-hybridized carbons (Fsp3) is 0.611. The molecule has 0 aromatic heterocycles. The van der Waals surface area contributed by atoms with Crippen LogP contribution in [0.3, 0.4) is 0 Å². The van der Waals surface area contributed by atoms with E-state index >= 15 is 0 Å². The lowest BCUT2D eigenvalue weighted by molar-refractivity contribution is 0.560. The third-order valence-corrected chi connectivity index (χ3v) is 3.45. The molecule has 0 aliphatic carbocycles. The smallest absolute Gasteiger partial charge is 0.0103 e. The van der Waals surface area contributed by atoms with E-state index in [9.17, 15) is 0 Å². The maximum atomic E-state index is 4.29. The zero-order chi connectivity index (χ0) is 14.4. The predicted molar refractivity (Wildman–Crippen MR) is 82.2 cm³/mol. The predicted octanol–water partition coefficient (Wildman–Crippen LogP) is 5.39. The van der Waals surface area contributed by atoms with Crippen LogP contribution in [-0.4, -0.2) is 0 Å². The molecule has 0 N–H and O–H groups in total. The van der Waals surface area contributed by atoms with Gasteiger partial charge in [0.2, 0.25) is 0 Å². The molecule has 0 saturated carbocycles. The van der Waals surface area contributed by atoms with E-state index in [0.29, 0.717) is 0 Å². The van der Waals surface area contributed by atoms with Gasteiger partial charge in [-0.1, -0.05) is 73.6 Å². The highest BCUT2D eigenvalue weighted by molar-refractivity contribution is 5.40. The Morgan fingerprint density at radius 1 is 0.611 bits per heavy atom. The van der Waals surface area contributed by atoms with Crippen molar-refractivity contribution < 1.29 is 0 Å². The van der Waals surface area contributed by atoms with Crippen molar-refractivity contribution in [2.75, 3.05) is 0 Å². The Kier molecular flexibility index (Phi) is 3.74. The summed E-state index contributed by atoms with van der Waals surface area (Å²) in [5.74, 6) is 0. The van der Waals surface area contributed by atoms with Crippen LogP contribution in [0.1, 0.15) is 72.1 Å². The second-order valence-electron chi connectivity index (χ2n) is 8.18. The van der Waals surface area contributed by atoms with Gasteiger partial charge in [0.1, 0.15) is 0 Å². The minimum absolute atomic E-state index is 0.0404. The molecule has 1 radical (unpaired) electrons. The van der Waals surface area contributed by atoms with Gasteiger partial charge < -0.3 is 0 Å².